The average Bonchev–Trinajstić information content (AvgIpc) is 3.47. The quantitative estimate of drug-likeness (QED) is 0.367. The third-order valence-corrected chi connectivity index (χ3v) is 5.35. The molecule has 0 unspecified atom stereocenters. The van der Waals surface area contributed by atoms with Crippen LogP contribution in [0.2, 0.25) is 0 Å². The predicted octanol–water partition coefficient (Wildman–Crippen LogP) is 4.62. The molecule has 5 aromatic rings. The molecule has 0 aliphatic heterocycles. The maximum Gasteiger partial charge on any atom is 0.325 e. The SMILES string of the molecule is N#Cc1c(-c2ccc(C=Cc3ccc(-c4nc5ccccc5[nH]4)cc3)cc2)nnn1CC(=O)O. The van der Waals surface area contributed by atoms with E-state index in [-0.39, 0.29) is 5.69 Å². The second-order valence-electron chi connectivity index (χ2n) is 7.63. The molecular formula is C26H18N6O2. The number of H-pyrrole nitrogens is 1. The summed E-state index contributed by atoms with van der Waals surface area (Å²) >= 11 is 0. The summed E-state index contributed by atoms with van der Waals surface area (Å²) in [4.78, 5) is 18.9. The highest BCUT2D eigenvalue weighted by Crippen LogP contribution is 2.23. The molecule has 164 valence electrons. The van der Waals surface area contributed by atoms with Crippen molar-refractivity contribution in [1.29, 1.82) is 5.26 Å². The van der Waals surface area contributed by atoms with Crippen LogP contribution in [0.1, 0.15) is 16.8 Å². The number of imidazole rings is 1. The number of aromatic amines is 1. The third-order valence-electron chi connectivity index (χ3n) is 5.35. The number of carbonyl (C=O) groups is 1. The van der Waals surface area contributed by atoms with Gasteiger partial charge < -0.3 is 10.1 Å². The summed E-state index contributed by atoms with van der Waals surface area (Å²) in [6.45, 7) is -0.411. The Kier molecular flexibility index (Phi) is 5.42. The van der Waals surface area contributed by atoms with E-state index < -0.39 is 12.5 Å². The standard InChI is InChI=1S/C26H18N6O2/c27-15-23-25(30-31-32(23)16-24(33)34)19-11-7-17(8-12-19)5-6-18-9-13-20(14-10-18)26-28-21-3-1-2-4-22(21)29-26/h1-14H,16H2,(H,28,29)(H,33,34). The van der Waals surface area contributed by atoms with Crippen LogP contribution in [-0.4, -0.2) is 36.0 Å². The predicted molar refractivity (Wildman–Crippen MR) is 128 cm³/mol. The van der Waals surface area contributed by atoms with Gasteiger partial charge in [-0.2, -0.15) is 5.26 Å². The lowest BCUT2D eigenvalue weighted by molar-refractivity contribution is -0.137. The number of para-hydroxylation sites is 2. The zero-order valence-electron chi connectivity index (χ0n) is 17.9. The monoisotopic (exact) mass is 446 g/mol. The molecular weight excluding hydrogens is 428 g/mol. The molecule has 5 rings (SSSR count). The van der Waals surface area contributed by atoms with Gasteiger partial charge in [0.05, 0.1) is 11.0 Å². The number of nitrogens with one attached hydrogen (secondary N) is 1. The van der Waals surface area contributed by atoms with Crippen LogP contribution in [0.25, 0.3) is 45.8 Å². The van der Waals surface area contributed by atoms with E-state index in [9.17, 15) is 10.1 Å². The smallest absolute Gasteiger partial charge is 0.325 e. The van der Waals surface area contributed by atoms with Gasteiger partial charge in [0.1, 0.15) is 24.1 Å². The van der Waals surface area contributed by atoms with E-state index in [0.29, 0.717) is 11.3 Å². The minimum Gasteiger partial charge on any atom is -0.480 e. The van der Waals surface area contributed by atoms with Gasteiger partial charge in [0, 0.05) is 11.1 Å². The summed E-state index contributed by atoms with van der Waals surface area (Å²) in [6, 6.07) is 25.5. The van der Waals surface area contributed by atoms with Crippen LogP contribution in [0.3, 0.4) is 0 Å². The molecule has 34 heavy (non-hydrogen) atoms. The van der Waals surface area contributed by atoms with Crippen LogP contribution in [-0.2, 0) is 11.3 Å². The van der Waals surface area contributed by atoms with Crippen molar-refractivity contribution in [3.05, 3.63) is 89.6 Å². The van der Waals surface area contributed by atoms with Crippen molar-refractivity contribution in [3.8, 4) is 28.7 Å². The molecule has 0 bridgehead atoms. The Balaban J connectivity index is 1.31. The van der Waals surface area contributed by atoms with Crippen LogP contribution >= 0.6 is 0 Å². The van der Waals surface area contributed by atoms with Gasteiger partial charge in [-0.1, -0.05) is 78.0 Å². The first-order valence-corrected chi connectivity index (χ1v) is 10.5. The summed E-state index contributed by atoms with van der Waals surface area (Å²) in [6.07, 6.45) is 4.01. The zero-order chi connectivity index (χ0) is 23.5. The maximum absolute atomic E-state index is 10.9. The van der Waals surface area contributed by atoms with Crippen LogP contribution in [0.5, 0.6) is 0 Å². The zero-order valence-corrected chi connectivity index (χ0v) is 17.9. The lowest BCUT2D eigenvalue weighted by Crippen LogP contribution is -2.12. The maximum atomic E-state index is 10.9. The van der Waals surface area contributed by atoms with Gasteiger partial charge in [0.15, 0.2) is 5.69 Å². The van der Waals surface area contributed by atoms with Crippen molar-refractivity contribution in [3.63, 3.8) is 0 Å². The molecule has 8 nitrogen and oxygen atoms in total. The molecule has 0 aliphatic carbocycles. The number of aromatic nitrogens is 5. The lowest BCUT2D eigenvalue weighted by atomic mass is 10.1. The molecule has 3 aromatic carbocycles. The van der Waals surface area contributed by atoms with E-state index in [1.807, 2.05) is 91.0 Å². The van der Waals surface area contributed by atoms with Crippen molar-refractivity contribution < 1.29 is 9.90 Å². The molecule has 0 fully saturated rings. The van der Waals surface area contributed by atoms with Crippen molar-refractivity contribution >= 4 is 29.2 Å². The molecule has 0 aliphatic rings. The van der Waals surface area contributed by atoms with Gasteiger partial charge in [-0.25, -0.2) is 9.67 Å². The first-order valence-electron chi connectivity index (χ1n) is 10.5. The molecule has 0 saturated carbocycles. The lowest BCUT2D eigenvalue weighted by Gasteiger charge is -2.01. The summed E-state index contributed by atoms with van der Waals surface area (Å²) in [5.41, 5.74) is 6.17. The Labute approximate surface area is 194 Å². The van der Waals surface area contributed by atoms with Gasteiger partial charge in [0.25, 0.3) is 0 Å². The summed E-state index contributed by atoms with van der Waals surface area (Å²) in [7, 11) is 0. The number of carboxylic acid groups (broad SMARTS) is 1. The van der Waals surface area contributed by atoms with E-state index in [4.69, 9.17) is 5.11 Å². The number of rotatable bonds is 6. The molecule has 2 N–H and O–H groups in total. The van der Waals surface area contributed by atoms with E-state index in [1.54, 1.807) is 0 Å². The fraction of sp³-hybridized carbons (Fsp3) is 0.0385. The van der Waals surface area contributed by atoms with E-state index in [1.165, 1.54) is 0 Å². The largest absolute Gasteiger partial charge is 0.480 e. The molecule has 0 spiro atoms. The van der Waals surface area contributed by atoms with Gasteiger partial charge in [0.2, 0.25) is 0 Å². The number of hydrogen-bond acceptors (Lipinski definition) is 5. The van der Waals surface area contributed by atoms with Crippen molar-refractivity contribution in [2.45, 2.75) is 6.54 Å². The highest BCUT2D eigenvalue weighted by Gasteiger charge is 2.16. The molecule has 0 radical (unpaired) electrons. The summed E-state index contributed by atoms with van der Waals surface area (Å²) in [5.74, 6) is -0.247. The van der Waals surface area contributed by atoms with E-state index >= 15 is 0 Å². The van der Waals surface area contributed by atoms with Gasteiger partial charge in [-0.3, -0.25) is 4.79 Å². The number of carboxylic acids is 1. The minimum absolute atomic E-state index is 0.121. The van der Waals surface area contributed by atoms with Crippen LogP contribution < -0.4 is 0 Å². The molecule has 0 amide bonds. The number of hydrogen-bond donors (Lipinski definition) is 2. The van der Waals surface area contributed by atoms with Crippen LogP contribution in [0.15, 0.2) is 72.8 Å². The highest BCUT2D eigenvalue weighted by molar-refractivity contribution is 5.80. The number of fused-ring (bicyclic) bond motifs is 1. The fourth-order valence-corrected chi connectivity index (χ4v) is 3.64. The van der Waals surface area contributed by atoms with Crippen molar-refractivity contribution in [2.75, 3.05) is 0 Å². The molecule has 2 aromatic heterocycles. The normalized spacial score (nSPS) is 11.1. The molecule has 0 saturated heterocycles. The van der Waals surface area contributed by atoms with Crippen molar-refractivity contribution in [2.24, 2.45) is 0 Å². The Morgan fingerprint density at radius 3 is 2.24 bits per heavy atom. The number of nitrogens with zero attached hydrogens (tertiary/aromatic N) is 5. The number of benzene rings is 3. The Hall–Kier alpha value is -5.03. The Morgan fingerprint density at radius 2 is 1.62 bits per heavy atom. The first-order chi connectivity index (χ1) is 16.6. The van der Waals surface area contributed by atoms with Crippen molar-refractivity contribution in [1.82, 2.24) is 25.0 Å². The van der Waals surface area contributed by atoms with Crippen LogP contribution in [0, 0.1) is 11.3 Å². The third kappa shape index (κ3) is 4.18. The van der Waals surface area contributed by atoms with E-state index in [2.05, 4.69) is 20.3 Å². The van der Waals surface area contributed by atoms with Crippen LogP contribution in [0.4, 0.5) is 0 Å². The summed E-state index contributed by atoms with van der Waals surface area (Å²) in [5, 5.41) is 26.1. The Bertz CT molecular complexity index is 1520. The second-order valence-corrected chi connectivity index (χ2v) is 7.63. The topological polar surface area (TPSA) is 120 Å². The average molecular weight is 446 g/mol. The summed E-state index contributed by atoms with van der Waals surface area (Å²) < 4.78 is 1.08. The van der Waals surface area contributed by atoms with Gasteiger partial charge in [-0.05, 0) is 23.3 Å². The minimum atomic E-state index is -1.08. The van der Waals surface area contributed by atoms with E-state index in [0.717, 1.165) is 38.2 Å². The number of nitriles is 1. The Morgan fingerprint density at radius 1 is 0.971 bits per heavy atom. The highest BCUT2D eigenvalue weighted by atomic mass is 16.4. The first kappa shape index (κ1) is 20.8. The van der Waals surface area contributed by atoms with Gasteiger partial charge >= 0.3 is 5.97 Å². The second kappa shape index (κ2) is 8.84. The molecule has 8 heteroatoms. The molecule has 2 heterocycles. The molecule has 0 atom stereocenters. The number of aliphatic carboxylic acids is 1. The van der Waals surface area contributed by atoms with Gasteiger partial charge in [-0.15, -0.1) is 5.10 Å². The fourth-order valence-electron chi connectivity index (χ4n) is 3.64.